The monoisotopic (exact) mass is 340 g/mol. The number of fused-ring (bicyclic) bond motifs is 1. The number of aromatic amines is 1. The van der Waals surface area contributed by atoms with Gasteiger partial charge in [0.05, 0.1) is 22.9 Å². The van der Waals surface area contributed by atoms with Gasteiger partial charge in [0.15, 0.2) is 0 Å². The van der Waals surface area contributed by atoms with Crippen LogP contribution in [0.1, 0.15) is 43.9 Å². The van der Waals surface area contributed by atoms with E-state index < -0.39 is 6.10 Å². The van der Waals surface area contributed by atoms with Crippen LogP contribution in [0.4, 0.5) is 5.69 Å². The van der Waals surface area contributed by atoms with Gasteiger partial charge in [-0.05, 0) is 44.4 Å². The molecular weight excluding hydrogens is 316 g/mol. The molecule has 1 aromatic carbocycles. The van der Waals surface area contributed by atoms with Crippen molar-refractivity contribution >= 4 is 16.6 Å². The SMILES string of the molecule is C#Cc1c(N2CCC(C)(OC)CC2)c2cc(C(C)O)ccc2[nH]c1=O. The van der Waals surface area contributed by atoms with E-state index in [0.29, 0.717) is 5.56 Å². The largest absolute Gasteiger partial charge is 0.389 e. The molecule has 0 amide bonds. The van der Waals surface area contributed by atoms with Crippen molar-refractivity contribution in [2.75, 3.05) is 25.1 Å². The van der Waals surface area contributed by atoms with Crippen molar-refractivity contribution in [3.63, 3.8) is 0 Å². The summed E-state index contributed by atoms with van der Waals surface area (Å²) in [5.74, 6) is 2.56. The number of terminal acetylenes is 1. The van der Waals surface area contributed by atoms with Gasteiger partial charge >= 0.3 is 0 Å². The predicted octanol–water partition coefficient (Wildman–Crippen LogP) is 2.57. The van der Waals surface area contributed by atoms with Crippen molar-refractivity contribution in [3.8, 4) is 12.3 Å². The first-order chi connectivity index (χ1) is 11.9. The minimum absolute atomic E-state index is 0.144. The molecule has 1 fully saturated rings. The van der Waals surface area contributed by atoms with Crippen molar-refractivity contribution in [1.82, 2.24) is 4.98 Å². The Hall–Kier alpha value is -2.29. The molecule has 2 heterocycles. The molecular formula is C20H24N2O3. The quantitative estimate of drug-likeness (QED) is 0.843. The summed E-state index contributed by atoms with van der Waals surface area (Å²) in [4.78, 5) is 17.4. The summed E-state index contributed by atoms with van der Waals surface area (Å²) in [6.45, 7) is 5.35. The summed E-state index contributed by atoms with van der Waals surface area (Å²) in [6, 6.07) is 5.56. The molecule has 5 nitrogen and oxygen atoms in total. The topological polar surface area (TPSA) is 65.6 Å². The third kappa shape index (κ3) is 3.15. The zero-order valence-corrected chi connectivity index (χ0v) is 14.9. The highest BCUT2D eigenvalue weighted by Crippen LogP contribution is 2.34. The number of methoxy groups -OCH3 is 1. The highest BCUT2D eigenvalue weighted by molar-refractivity contribution is 5.95. The summed E-state index contributed by atoms with van der Waals surface area (Å²) >= 11 is 0. The fourth-order valence-electron chi connectivity index (χ4n) is 3.42. The van der Waals surface area contributed by atoms with Gasteiger partial charge in [-0.25, -0.2) is 0 Å². The fraction of sp³-hybridized carbons (Fsp3) is 0.450. The first-order valence-electron chi connectivity index (χ1n) is 8.53. The maximum absolute atomic E-state index is 12.4. The van der Waals surface area contributed by atoms with E-state index in [9.17, 15) is 9.90 Å². The van der Waals surface area contributed by atoms with E-state index in [1.54, 1.807) is 14.0 Å². The van der Waals surface area contributed by atoms with Crippen molar-refractivity contribution in [2.24, 2.45) is 0 Å². The van der Waals surface area contributed by atoms with Crippen LogP contribution in [-0.2, 0) is 4.74 Å². The van der Waals surface area contributed by atoms with Gasteiger partial charge in [0, 0.05) is 25.6 Å². The van der Waals surface area contributed by atoms with Gasteiger partial charge in [-0.15, -0.1) is 6.42 Å². The highest BCUT2D eigenvalue weighted by Gasteiger charge is 2.31. The number of benzene rings is 1. The van der Waals surface area contributed by atoms with Gasteiger partial charge in [-0.2, -0.15) is 0 Å². The van der Waals surface area contributed by atoms with E-state index in [4.69, 9.17) is 11.2 Å². The van der Waals surface area contributed by atoms with Crippen LogP contribution in [0.2, 0.25) is 0 Å². The number of H-pyrrole nitrogens is 1. The number of hydrogen-bond acceptors (Lipinski definition) is 4. The lowest BCUT2D eigenvalue weighted by atomic mass is 9.92. The number of anilines is 1. The summed E-state index contributed by atoms with van der Waals surface area (Å²) in [7, 11) is 1.74. The zero-order chi connectivity index (χ0) is 18.2. The molecule has 3 rings (SSSR count). The van der Waals surface area contributed by atoms with Gasteiger partial charge < -0.3 is 19.7 Å². The molecule has 25 heavy (non-hydrogen) atoms. The summed E-state index contributed by atoms with van der Waals surface area (Å²) in [5, 5.41) is 10.8. The number of ether oxygens (including phenoxy) is 1. The van der Waals surface area contributed by atoms with Crippen molar-refractivity contribution in [2.45, 2.75) is 38.4 Å². The first kappa shape index (κ1) is 17.5. The molecule has 1 aliphatic rings. The van der Waals surface area contributed by atoms with Crippen molar-refractivity contribution < 1.29 is 9.84 Å². The molecule has 5 heteroatoms. The Bertz CT molecular complexity index is 884. The number of aliphatic hydroxyl groups is 1. The van der Waals surface area contributed by atoms with Crippen molar-refractivity contribution in [1.29, 1.82) is 0 Å². The molecule has 0 bridgehead atoms. The molecule has 1 unspecified atom stereocenters. The normalized spacial score (nSPS) is 18.1. The lowest BCUT2D eigenvalue weighted by Crippen LogP contribution is -2.44. The highest BCUT2D eigenvalue weighted by atomic mass is 16.5. The minimum Gasteiger partial charge on any atom is -0.389 e. The van der Waals surface area contributed by atoms with E-state index in [1.165, 1.54) is 0 Å². The summed E-state index contributed by atoms with van der Waals surface area (Å²) in [6.07, 6.45) is 6.79. The predicted molar refractivity (Wildman–Crippen MR) is 100.0 cm³/mol. The van der Waals surface area contributed by atoms with Gasteiger partial charge in [-0.3, -0.25) is 4.79 Å². The number of hydrogen-bond donors (Lipinski definition) is 2. The number of pyridine rings is 1. The van der Waals surface area contributed by atoms with E-state index >= 15 is 0 Å². The molecule has 2 N–H and O–H groups in total. The van der Waals surface area contributed by atoms with E-state index in [0.717, 1.165) is 48.1 Å². The lowest BCUT2D eigenvalue weighted by molar-refractivity contribution is -0.0132. The van der Waals surface area contributed by atoms with Crippen LogP contribution < -0.4 is 10.5 Å². The Kier molecular flexibility index (Phi) is 4.59. The second kappa shape index (κ2) is 6.55. The van der Waals surface area contributed by atoms with Gasteiger partial charge in [0.1, 0.15) is 5.56 Å². The number of nitrogens with one attached hydrogen (secondary N) is 1. The van der Waals surface area contributed by atoms with Gasteiger partial charge in [0.25, 0.3) is 5.56 Å². The number of nitrogens with zero attached hydrogens (tertiary/aromatic N) is 1. The van der Waals surface area contributed by atoms with Crippen LogP contribution in [0, 0.1) is 12.3 Å². The third-order valence-electron chi connectivity index (χ3n) is 5.27. The van der Waals surface area contributed by atoms with E-state index in [-0.39, 0.29) is 11.2 Å². The third-order valence-corrected chi connectivity index (χ3v) is 5.27. The molecule has 0 saturated carbocycles. The first-order valence-corrected chi connectivity index (χ1v) is 8.53. The molecule has 0 aliphatic carbocycles. The molecule has 1 atom stereocenters. The number of aliphatic hydroxyl groups excluding tert-OH is 1. The Morgan fingerprint density at radius 3 is 2.64 bits per heavy atom. The molecule has 1 aliphatic heterocycles. The van der Waals surface area contributed by atoms with Crippen LogP contribution in [0.15, 0.2) is 23.0 Å². The average Bonchev–Trinajstić information content (AvgIpc) is 2.61. The molecule has 0 spiro atoms. The van der Waals surface area contributed by atoms with Crippen LogP contribution in [0.25, 0.3) is 10.9 Å². The van der Waals surface area contributed by atoms with Crippen LogP contribution in [0.3, 0.4) is 0 Å². The molecule has 2 aromatic rings. The van der Waals surface area contributed by atoms with Crippen molar-refractivity contribution in [3.05, 3.63) is 39.7 Å². The van der Waals surface area contributed by atoms with Crippen LogP contribution in [0.5, 0.6) is 0 Å². The number of piperidine rings is 1. The number of rotatable bonds is 3. The Balaban J connectivity index is 2.16. The maximum Gasteiger partial charge on any atom is 0.266 e. The summed E-state index contributed by atoms with van der Waals surface area (Å²) in [5.41, 5.74) is 2.24. The zero-order valence-electron chi connectivity index (χ0n) is 14.9. The molecule has 1 aromatic heterocycles. The van der Waals surface area contributed by atoms with Gasteiger partial charge in [0.2, 0.25) is 0 Å². The Morgan fingerprint density at radius 1 is 1.40 bits per heavy atom. The minimum atomic E-state index is -0.586. The average molecular weight is 340 g/mol. The summed E-state index contributed by atoms with van der Waals surface area (Å²) < 4.78 is 5.61. The van der Waals surface area contributed by atoms with Crippen LogP contribution >= 0.6 is 0 Å². The second-order valence-corrected chi connectivity index (χ2v) is 6.94. The fourth-order valence-corrected chi connectivity index (χ4v) is 3.42. The number of aromatic nitrogens is 1. The second-order valence-electron chi connectivity index (χ2n) is 6.94. The van der Waals surface area contributed by atoms with E-state index in [1.807, 2.05) is 18.2 Å². The van der Waals surface area contributed by atoms with Crippen LogP contribution in [-0.4, -0.2) is 35.9 Å². The Morgan fingerprint density at radius 2 is 2.08 bits per heavy atom. The molecule has 0 radical (unpaired) electrons. The van der Waals surface area contributed by atoms with Gasteiger partial charge in [-0.1, -0.05) is 12.0 Å². The molecule has 132 valence electrons. The lowest BCUT2D eigenvalue weighted by Gasteiger charge is -2.40. The maximum atomic E-state index is 12.4. The smallest absolute Gasteiger partial charge is 0.266 e. The standard InChI is InChI=1S/C20H24N2O3/c1-5-15-18(22-10-8-20(3,25-4)9-11-22)16-12-14(13(2)23)6-7-17(16)21-19(15)24/h1,6-7,12-13,23H,8-11H2,2-4H3,(H,21,24). The molecule has 1 saturated heterocycles. The Labute approximate surface area is 147 Å². The van der Waals surface area contributed by atoms with E-state index in [2.05, 4.69) is 22.7 Å².